The lowest BCUT2D eigenvalue weighted by molar-refractivity contribution is -0.139. The molecule has 1 aromatic heterocycles. The SMILES string of the molecule is CCC(c1nc2ccccc2c(=O)n1CCOC)N(CC)C(=O)COCc1ccccc1. The Morgan fingerprint density at radius 3 is 2.50 bits per heavy atom. The number of rotatable bonds is 11. The van der Waals surface area contributed by atoms with E-state index in [9.17, 15) is 9.59 Å². The van der Waals surface area contributed by atoms with Gasteiger partial charge in [0.25, 0.3) is 5.56 Å². The molecule has 0 aliphatic rings. The van der Waals surface area contributed by atoms with Crippen molar-refractivity contribution in [3.05, 3.63) is 76.3 Å². The van der Waals surface area contributed by atoms with E-state index >= 15 is 0 Å². The number of carbonyl (C=O) groups is 1. The summed E-state index contributed by atoms with van der Waals surface area (Å²) in [5.74, 6) is 0.447. The first-order valence-corrected chi connectivity index (χ1v) is 11.0. The molecule has 0 aliphatic heterocycles. The van der Waals surface area contributed by atoms with Gasteiger partial charge in [0.15, 0.2) is 0 Å². The third-order valence-corrected chi connectivity index (χ3v) is 5.47. The maximum atomic E-state index is 13.2. The van der Waals surface area contributed by atoms with Gasteiger partial charge in [-0.1, -0.05) is 49.4 Å². The Kier molecular flexibility index (Phi) is 8.53. The first kappa shape index (κ1) is 23.6. The van der Waals surface area contributed by atoms with Crippen LogP contribution in [-0.2, 0) is 27.4 Å². The van der Waals surface area contributed by atoms with Crippen LogP contribution in [0, 0.1) is 0 Å². The molecule has 1 unspecified atom stereocenters. The van der Waals surface area contributed by atoms with E-state index in [0.29, 0.717) is 49.5 Å². The van der Waals surface area contributed by atoms with Crippen molar-refractivity contribution in [3.8, 4) is 0 Å². The summed E-state index contributed by atoms with van der Waals surface area (Å²) in [5, 5.41) is 0.558. The molecule has 0 saturated carbocycles. The minimum atomic E-state index is -0.345. The number of carbonyl (C=O) groups excluding carboxylic acids is 1. The highest BCUT2D eigenvalue weighted by atomic mass is 16.5. The van der Waals surface area contributed by atoms with Gasteiger partial charge in [0, 0.05) is 13.7 Å². The first-order chi connectivity index (χ1) is 15.6. The molecule has 2 aromatic carbocycles. The molecule has 7 nitrogen and oxygen atoms in total. The van der Waals surface area contributed by atoms with E-state index < -0.39 is 0 Å². The van der Waals surface area contributed by atoms with Gasteiger partial charge in [-0.05, 0) is 31.0 Å². The fraction of sp³-hybridized carbons (Fsp3) is 0.400. The van der Waals surface area contributed by atoms with Gasteiger partial charge in [-0.2, -0.15) is 0 Å². The summed E-state index contributed by atoms with van der Waals surface area (Å²) in [6.07, 6.45) is 0.621. The van der Waals surface area contributed by atoms with Crippen molar-refractivity contribution < 1.29 is 14.3 Å². The molecule has 3 aromatic rings. The smallest absolute Gasteiger partial charge is 0.261 e. The van der Waals surface area contributed by atoms with Gasteiger partial charge in [-0.3, -0.25) is 14.2 Å². The Balaban J connectivity index is 1.88. The Morgan fingerprint density at radius 2 is 1.81 bits per heavy atom. The monoisotopic (exact) mass is 437 g/mol. The van der Waals surface area contributed by atoms with E-state index in [4.69, 9.17) is 14.5 Å². The molecule has 0 radical (unpaired) electrons. The number of aromatic nitrogens is 2. The largest absolute Gasteiger partial charge is 0.383 e. The molecule has 1 heterocycles. The lowest BCUT2D eigenvalue weighted by Gasteiger charge is -2.31. The summed E-state index contributed by atoms with van der Waals surface area (Å²) in [6, 6.07) is 16.7. The molecule has 7 heteroatoms. The highest BCUT2D eigenvalue weighted by Gasteiger charge is 2.27. The molecule has 0 spiro atoms. The summed E-state index contributed by atoms with van der Waals surface area (Å²) in [7, 11) is 1.60. The number of fused-ring (bicyclic) bond motifs is 1. The van der Waals surface area contributed by atoms with E-state index in [1.165, 1.54) is 0 Å². The van der Waals surface area contributed by atoms with Crippen LogP contribution >= 0.6 is 0 Å². The van der Waals surface area contributed by atoms with Gasteiger partial charge < -0.3 is 14.4 Å². The number of hydrogen-bond donors (Lipinski definition) is 0. The maximum absolute atomic E-state index is 13.2. The Hall–Kier alpha value is -3.03. The molecule has 32 heavy (non-hydrogen) atoms. The first-order valence-electron chi connectivity index (χ1n) is 11.0. The normalized spacial score (nSPS) is 12.1. The van der Waals surface area contributed by atoms with Crippen molar-refractivity contribution in [2.75, 3.05) is 26.9 Å². The van der Waals surface area contributed by atoms with Crippen LogP contribution in [0.3, 0.4) is 0 Å². The Morgan fingerprint density at radius 1 is 1.09 bits per heavy atom. The van der Waals surface area contributed by atoms with Gasteiger partial charge in [0.2, 0.25) is 5.91 Å². The van der Waals surface area contributed by atoms with Crippen LogP contribution in [0.5, 0.6) is 0 Å². The second-order valence-electron chi connectivity index (χ2n) is 7.52. The fourth-order valence-corrected chi connectivity index (χ4v) is 3.86. The van der Waals surface area contributed by atoms with Gasteiger partial charge >= 0.3 is 0 Å². The zero-order valence-corrected chi connectivity index (χ0v) is 19.0. The van der Waals surface area contributed by atoms with Crippen molar-refractivity contribution in [1.29, 1.82) is 0 Å². The molecular weight excluding hydrogens is 406 g/mol. The highest BCUT2D eigenvalue weighted by molar-refractivity contribution is 5.79. The number of likely N-dealkylation sites (N-methyl/N-ethyl adjacent to an activating group) is 1. The number of methoxy groups -OCH3 is 1. The van der Waals surface area contributed by atoms with Crippen molar-refractivity contribution in [1.82, 2.24) is 14.5 Å². The maximum Gasteiger partial charge on any atom is 0.261 e. The van der Waals surface area contributed by atoms with Gasteiger partial charge in [-0.25, -0.2) is 4.98 Å². The molecule has 0 bridgehead atoms. The van der Waals surface area contributed by atoms with Crippen LogP contribution < -0.4 is 5.56 Å². The van der Waals surface area contributed by atoms with Crippen LogP contribution in [0.4, 0.5) is 0 Å². The molecule has 1 atom stereocenters. The number of para-hydroxylation sites is 1. The summed E-state index contributed by atoms with van der Waals surface area (Å²) in [5.41, 5.74) is 1.52. The van der Waals surface area contributed by atoms with E-state index in [2.05, 4.69) is 0 Å². The minimum absolute atomic E-state index is 0.0326. The topological polar surface area (TPSA) is 73.7 Å². The Bertz CT molecular complexity index is 1080. The minimum Gasteiger partial charge on any atom is -0.383 e. The summed E-state index contributed by atoms with van der Waals surface area (Å²) in [6.45, 7) is 5.49. The zero-order chi connectivity index (χ0) is 22.9. The fourth-order valence-electron chi connectivity index (χ4n) is 3.86. The van der Waals surface area contributed by atoms with Crippen LogP contribution in [0.25, 0.3) is 10.9 Å². The second kappa shape index (κ2) is 11.5. The number of hydrogen-bond acceptors (Lipinski definition) is 5. The van der Waals surface area contributed by atoms with Gasteiger partial charge in [0.05, 0.1) is 36.7 Å². The van der Waals surface area contributed by atoms with Crippen LogP contribution in [0.1, 0.15) is 37.7 Å². The summed E-state index contributed by atoms with van der Waals surface area (Å²) >= 11 is 0. The van der Waals surface area contributed by atoms with Gasteiger partial charge in [0.1, 0.15) is 12.4 Å². The molecule has 0 fully saturated rings. The third-order valence-electron chi connectivity index (χ3n) is 5.47. The molecule has 0 N–H and O–H groups in total. The predicted molar refractivity (Wildman–Crippen MR) is 124 cm³/mol. The number of ether oxygens (including phenoxy) is 2. The lowest BCUT2D eigenvalue weighted by Crippen LogP contribution is -2.40. The van der Waals surface area contributed by atoms with E-state index in [1.807, 2.05) is 62.4 Å². The third kappa shape index (κ3) is 5.41. The van der Waals surface area contributed by atoms with Gasteiger partial charge in [-0.15, -0.1) is 0 Å². The molecular formula is C25H31N3O4. The Labute approximate surface area is 188 Å². The van der Waals surface area contributed by atoms with E-state index in [1.54, 1.807) is 22.6 Å². The highest BCUT2D eigenvalue weighted by Crippen LogP contribution is 2.24. The molecule has 0 aliphatic carbocycles. The lowest BCUT2D eigenvalue weighted by atomic mass is 10.1. The number of nitrogens with zero attached hydrogens (tertiary/aromatic N) is 3. The number of amides is 1. The van der Waals surface area contributed by atoms with Crippen LogP contribution in [-0.4, -0.2) is 47.2 Å². The summed E-state index contributed by atoms with van der Waals surface area (Å²) in [4.78, 5) is 32.9. The van der Waals surface area contributed by atoms with Crippen LogP contribution in [0.15, 0.2) is 59.4 Å². The average molecular weight is 438 g/mol. The van der Waals surface area contributed by atoms with Crippen LogP contribution in [0.2, 0.25) is 0 Å². The molecule has 170 valence electrons. The van der Waals surface area contributed by atoms with E-state index in [-0.39, 0.29) is 24.1 Å². The van der Waals surface area contributed by atoms with Crippen molar-refractivity contribution in [2.24, 2.45) is 0 Å². The van der Waals surface area contributed by atoms with E-state index in [0.717, 1.165) is 5.56 Å². The molecule has 1 amide bonds. The summed E-state index contributed by atoms with van der Waals surface area (Å²) < 4.78 is 12.5. The molecule has 3 rings (SSSR count). The zero-order valence-electron chi connectivity index (χ0n) is 19.0. The van der Waals surface area contributed by atoms with Crippen molar-refractivity contribution >= 4 is 16.8 Å². The quantitative estimate of drug-likeness (QED) is 0.459. The predicted octanol–water partition coefficient (Wildman–Crippen LogP) is 3.56. The number of benzene rings is 2. The van der Waals surface area contributed by atoms with Crippen molar-refractivity contribution in [3.63, 3.8) is 0 Å². The van der Waals surface area contributed by atoms with Crippen molar-refractivity contribution in [2.45, 2.75) is 39.5 Å². The molecule has 0 saturated heterocycles. The standard InChI is InChI=1S/C25H31N3O4/c1-4-22(27(5-2)23(29)18-32-17-19-11-7-6-8-12-19)24-26-21-14-10-9-13-20(21)25(30)28(24)15-16-31-3/h6-14,22H,4-5,15-18H2,1-3H3. The second-order valence-corrected chi connectivity index (χ2v) is 7.52. The average Bonchev–Trinajstić information content (AvgIpc) is 2.82.